The zero-order valence-corrected chi connectivity index (χ0v) is 12.9. The Morgan fingerprint density at radius 3 is 2.81 bits per heavy atom. The third kappa shape index (κ3) is 3.55. The van der Waals surface area contributed by atoms with Crippen molar-refractivity contribution in [3.63, 3.8) is 0 Å². The van der Waals surface area contributed by atoms with Gasteiger partial charge in [-0.2, -0.15) is 0 Å². The van der Waals surface area contributed by atoms with Gasteiger partial charge >= 0.3 is 5.97 Å². The monoisotopic (exact) mass is 298 g/mol. The quantitative estimate of drug-likeness (QED) is 0.781. The molecule has 4 atom stereocenters. The molecule has 6 nitrogen and oxygen atoms in total. The van der Waals surface area contributed by atoms with Crippen LogP contribution in [-0.4, -0.2) is 60.3 Å². The summed E-state index contributed by atoms with van der Waals surface area (Å²) < 4.78 is 5.44. The maximum atomic E-state index is 12.8. The molecule has 2 saturated heterocycles. The fourth-order valence-corrected chi connectivity index (χ4v) is 3.35. The van der Waals surface area contributed by atoms with Crippen LogP contribution in [0.5, 0.6) is 0 Å². The Bertz CT molecular complexity index is 388. The van der Waals surface area contributed by atoms with E-state index in [0.29, 0.717) is 19.8 Å². The van der Waals surface area contributed by atoms with E-state index in [2.05, 4.69) is 12.2 Å². The molecule has 2 N–H and O–H groups in total. The Labute approximate surface area is 125 Å². The predicted molar refractivity (Wildman–Crippen MR) is 77.9 cm³/mol. The van der Waals surface area contributed by atoms with Crippen LogP contribution in [0.4, 0.5) is 0 Å². The molecule has 2 rings (SSSR count). The van der Waals surface area contributed by atoms with Crippen LogP contribution in [-0.2, 0) is 14.3 Å². The van der Waals surface area contributed by atoms with Gasteiger partial charge in [-0.05, 0) is 31.7 Å². The lowest BCUT2D eigenvalue weighted by molar-refractivity contribution is -0.156. The summed E-state index contributed by atoms with van der Waals surface area (Å²) in [6, 6.07) is -0.692. The van der Waals surface area contributed by atoms with E-state index in [4.69, 9.17) is 4.74 Å². The minimum atomic E-state index is -0.896. The number of amides is 1. The topological polar surface area (TPSA) is 78.9 Å². The molecule has 2 heterocycles. The number of nitrogens with one attached hydrogen (secondary N) is 1. The Morgan fingerprint density at radius 1 is 1.38 bits per heavy atom. The maximum absolute atomic E-state index is 12.8. The molecule has 0 saturated carbocycles. The minimum absolute atomic E-state index is 0.00382. The van der Waals surface area contributed by atoms with E-state index in [1.165, 1.54) is 0 Å². The van der Waals surface area contributed by atoms with Crippen molar-refractivity contribution in [3.05, 3.63) is 0 Å². The molecule has 0 aliphatic carbocycles. The molecule has 0 spiro atoms. The highest BCUT2D eigenvalue weighted by molar-refractivity contribution is 5.86. The molecular weight excluding hydrogens is 272 g/mol. The van der Waals surface area contributed by atoms with Gasteiger partial charge in [-0.3, -0.25) is 4.79 Å². The third-order valence-electron chi connectivity index (χ3n) is 4.52. The molecule has 1 amide bonds. The Balaban J connectivity index is 2.07. The zero-order chi connectivity index (χ0) is 15.4. The van der Waals surface area contributed by atoms with Crippen molar-refractivity contribution in [2.24, 2.45) is 11.8 Å². The first-order valence-electron chi connectivity index (χ1n) is 7.90. The smallest absolute Gasteiger partial charge is 0.326 e. The lowest BCUT2D eigenvalue weighted by Gasteiger charge is -2.39. The number of hydrogen-bond acceptors (Lipinski definition) is 4. The minimum Gasteiger partial charge on any atom is -0.480 e. The van der Waals surface area contributed by atoms with Crippen molar-refractivity contribution in [1.29, 1.82) is 0 Å². The van der Waals surface area contributed by atoms with Gasteiger partial charge in [-0.1, -0.05) is 13.8 Å². The van der Waals surface area contributed by atoms with Crippen molar-refractivity contribution in [3.8, 4) is 0 Å². The third-order valence-corrected chi connectivity index (χ3v) is 4.52. The number of piperidine rings is 1. The number of likely N-dealkylation sites (tertiary alicyclic amines) is 1. The van der Waals surface area contributed by atoms with E-state index < -0.39 is 12.0 Å². The first-order valence-corrected chi connectivity index (χ1v) is 7.90. The van der Waals surface area contributed by atoms with Crippen LogP contribution >= 0.6 is 0 Å². The molecule has 2 aliphatic heterocycles. The molecule has 6 heteroatoms. The first kappa shape index (κ1) is 16.2. The Hall–Kier alpha value is -1.14. The first-order chi connectivity index (χ1) is 10.1. The number of hydrogen-bond donors (Lipinski definition) is 2. The van der Waals surface area contributed by atoms with Gasteiger partial charge < -0.3 is 20.1 Å². The van der Waals surface area contributed by atoms with Crippen LogP contribution in [0.3, 0.4) is 0 Å². The average Bonchev–Trinajstić information content (AvgIpc) is 2.91. The number of carbonyl (C=O) groups excluding carboxylic acids is 1. The number of carbonyl (C=O) groups is 2. The second-order valence-electron chi connectivity index (χ2n) is 6.14. The Kier molecular flexibility index (Phi) is 5.58. The fraction of sp³-hybridized carbons (Fsp3) is 0.867. The largest absolute Gasteiger partial charge is 0.480 e. The van der Waals surface area contributed by atoms with Crippen LogP contribution in [0.25, 0.3) is 0 Å². The molecular formula is C15H26N2O4. The van der Waals surface area contributed by atoms with Crippen LogP contribution in [0.2, 0.25) is 0 Å². The summed E-state index contributed by atoms with van der Waals surface area (Å²) in [6.07, 6.45) is 2.73. The van der Waals surface area contributed by atoms with Crippen molar-refractivity contribution >= 4 is 11.9 Å². The number of carboxylic acid groups (broad SMARTS) is 1. The fourth-order valence-electron chi connectivity index (χ4n) is 3.35. The molecule has 2 fully saturated rings. The highest BCUT2D eigenvalue weighted by Crippen LogP contribution is 2.27. The standard InChI is InChI=1S/C15H26N2O4/c1-3-6-16-12-9-21-8-11(12)14(18)17-7-4-5-10(2)13(17)15(19)20/h10-13,16H,3-9H2,1-2H3,(H,19,20). The SMILES string of the molecule is CCCNC1COCC1C(=O)N1CCCC(C)C1C(=O)O. The van der Waals surface area contributed by atoms with Crippen LogP contribution in [0, 0.1) is 11.8 Å². The summed E-state index contributed by atoms with van der Waals surface area (Å²) in [7, 11) is 0. The summed E-state index contributed by atoms with van der Waals surface area (Å²) in [5, 5.41) is 12.8. The molecule has 0 radical (unpaired) electrons. The van der Waals surface area contributed by atoms with Crippen molar-refractivity contribution in [1.82, 2.24) is 10.2 Å². The second-order valence-corrected chi connectivity index (χ2v) is 6.14. The molecule has 120 valence electrons. The average molecular weight is 298 g/mol. The molecule has 0 aromatic rings. The van der Waals surface area contributed by atoms with Crippen LogP contribution in [0.15, 0.2) is 0 Å². The summed E-state index contributed by atoms with van der Waals surface area (Å²) in [6.45, 7) is 6.28. The molecule has 0 aromatic carbocycles. The van der Waals surface area contributed by atoms with Gasteiger partial charge in [0.1, 0.15) is 6.04 Å². The number of nitrogens with zero attached hydrogens (tertiary/aromatic N) is 1. The number of carboxylic acids is 1. The van der Waals surface area contributed by atoms with Gasteiger partial charge in [0.05, 0.1) is 19.1 Å². The van der Waals surface area contributed by atoms with E-state index in [9.17, 15) is 14.7 Å². The molecule has 0 aromatic heterocycles. The summed E-state index contributed by atoms with van der Waals surface area (Å²) >= 11 is 0. The predicted octanol–water partition coefficient (Wildman–Crippen LogP) is 0.713. The van der Waals surface area contributed by atoms with Gasteiger partial charge in [0.25, 0.3) is 0 Å². The van der Waals surface area contributed by atoms with E-state index >= 15 is 0 Å². The number of rotatable bonds is 5. The van der Waals surface area contributed by atoms with Crippen LogP contribution in [0.1, 0.15) is 33.1 Å². The van der Waals surface area contributed by atoms with Crippen molar-refractivity contribution in [2.75, 3.05) is 26.3 Å². The lowest BCUT2D eigenvalue weighted by Crippen LogP contribution is -2.56. The normalized spacial score (nSPS) is 33.1. The van der Waals surface area contributed by atoms with Gasteiger partial charge in [0.15, 0.2) is 0 Å². The van der Waals surface area contributed by atoms with E-state index in [1.54, 1.807) is 4.90 Å². The van der Waals surface area contributed by atoms with Gasteiger partial charge in [0, 0.05) is 12.6 Å². The Morgan fingerprint density at radius 2 is 2.14 bits per heavy atom. The number of ether oxygens (including phenoxy) is 1. The van der Waals surface area contributed by atoms with Gasteiger partial charge in [-0.25, -0.2) is 4.79 Å². The zero-order valence-electron chi connectivity index (χ0n) is 12.9. The van der Waals surface area contributed by atoms with E-state index in [-0.39, 0.29) is 23.8 Å². The molecule has 21 heavy (non-hydrogen) atoms. The second kappa shape index (κ2) is 7.22. The number of aliphatic carboxylic acids is 1. The van der Waals surface area contributed by atoms with E-state index in [0.717, 1.165) is 25.8 Å². The van der Waals surface area contributed by atoms with Crippen molar-refractivity contribution < 1.29 is 19.4 Å². The molecule has 4 unspecified atom stereocenters. The van der Waals surface area contributed by atoms with E-state index in [1.807, 2.05) is 6.92 Å². The van der Waals surface area contributed by atoms with Gasteiger partial charge in [-0.15, -0.1) is 0 Å². The molecule has 0 bridgehead atoms. The van der Waals surface area contributed by atoms with Gasteiger partial charge in [0.2, 0.25) is 5.91 Å². The maximum Gasteiger partial charge on any atom is 0.326 e. The van der Waals surface area contributed by atoms with Crippen molar-refractivity contribution in [2.45, 2.75) is 45.2 Å². The summed E-state index contributed by atoms with van der Waals surface area (Å²) in [5.41, 5.74) is 0. The highest BCUT2D eigenvalue weighted by Gasteiger charge is 2.43. The lowest BCUT2D eigenvalue weighted by atomic mass is 9.89. The van der Waals surface area contributed by atoms with Crippen LogP contribution < -0.4 is 5.32 Å². The molecule has 2 aliphatic rings. The summed E-state index contributed by atoms with van der Waals surface area (Å²) in [4.78, 5) is 25.9. The summed E-state index contributed by atoms with van der Waals surface area (Å²) in [5.74, 6) is -1.22. The highest BCUT2D eigenvalue weighted by atomic mass is 16.5.